The quantitative estimate of drug-likeness (QED) is 0.0264. The lowest BCUT2D eigenvalue weighted by molar-refractivity contribution is -0.161. The molecule has 0 fully saturated rings. The molecule has 0 saturated heterocycles. The van der Waals surface area contributed by atoms with E-state index in [-0.39, 0.29) is 32.6 Å². The van der Waals surface area contributed by atoms with Crippen LogP contribution in [0.15, 0.2) is 146 Å². The molecule has 79 heavy (non-hydrogen) atoms. The van der Waals surface area contributed by atoms with E-state index in [1.807, 2.05) is 0 Å². The summed E-state index contributed by atoms with van der Waals surface area (Å²) < 4.78 is 33.0. The third-order valence-corrected chi connectivity index (χ3v) is 13.7. The van der Waals surface area contributed by atoms with E-state index >= 15 is 0 Å². The summed E-state index contributed by atoms with van der Waals surface area (Å²) in [6, 6.07) is 0. The second-order valence-corrected chi connectivity index (χ2v) is 21.6. The number of allylic oxidation sites excluding steroid dienone is 24. The fourth-order valence-electron chi connectivity index (χ4n) is 8.11. The molecule has 2 unspecified atom stereocenters. The average molecular weight is 1120 g/mol. The van der Waals surface area contributed by atoms with Crippen molar-refractivity contribution in [2.45, 2.75) is 251 Å². The standard InChI is InChI=1S/C69H114NO8P/c1-3-5-7-9-11-13-15-17-19-21-22-23-24-25-26-27-28-29-30-31-32-33-34-35-36-37-38-39-40-41-42-43-44-46-48-50-52-54-56-58-60-62-69(72)78-67(66-77-79(73,74)76-64-63-70)65-75-68(71)61-59-57-55-53-51-49-47-45-20-18-16-14-12-10-8-6-4-2/h5,7,11,13,17-20,22-23,25-26,28-29,31-32,34-35,37-38,40-41,43-44,67H,3-4,6,8-10,12,14-16,21,24,27,30,33,36,39,42,45-66,70H2,1-2H3,(H,73,74)/b7-5-,13-11-,19-17-,20-18-,23-22-,26-25-,29-28-,32-31-,35-34-,38-37-,41-40-,44-43-. The largest absolute Gasteiger partial charge is 0.472 e. The number of hydrogen-bond donors (Lipinski definition) is 2. The molecule has 0 aliphatic rings. The van der Waals surface area contributed by atoms with E-state index in [0.717, 1.165) is 135 Å². The molecule has 2 atom stereocenters. The molecule has 0 bridgehead atoms. The number of hydrogen-bond acceptors (Lipinski definition) is 8. The first-order valence-electron chi connectivity index (χ1n) is 31.3. The Morgan fingerprint density at radius 2 is 0.696 bits per heavy atom. The second-order valence-electron chi connectivity index (χ2n) is 20.2. The van der Waals surface area contributed by atoms with E-state index in [2.05, 4.69) is 160 Å². The molecule has 0 saturated carbocycles. The topological polar surface area (TPSA) is 134 Å². The molecule has 9 nitrogen and oxygen atoms in total. The fourth-order valence-corrected chi connectivity index (χ4v) is 8.87. The number of nitrogens with two attached hydrogens (primary N) is 1. The van der Waals surface area contributed by atoms with Gasteiger partial charge >= 0.3 is 19.8 Å². The summed E-state index contributed by atoms with van der Waals surface area (Å²) >= 11 is 0. The summed E-state index contributed by atoms with van der Waals surface area (Å²) in [6.45, 7) is 3.60. The van der Waals surface area contributed by atoms with Gasteiger partial charge in [0.05, 0.1) is 13.2 Å². The highest BCUT2D eigenvalue weighted by Crippen LogP contribution is 2.43. The predicted molar refractivity (Wildman–Crippen MR) is 339 cm³/mol. The fraction of sp³-hybridized carbons (Fsp3) is 0.623. The van der Waals surface area contributed by atoms with Crippen molar-refractivity contribution in [1.29, 1.82) is 0 Å². The van der Waals surface area contributed by atoms with Gasteiger partial charge in [-0.25, -0.2) is 4.57 Å². The summed E-state index contributed by atoms with van der Waals surface area (Å²) in [5.41, 5.74) is 5.38. The van der Waals surface area contributed by atoms with Crippen LogP contribution in [-0.2, 0) is 32.7 Å². The molecule has 0 aromatic carbocycles. The Morgan fingerprint density at radius 1 is 0.392 bits per heavy atom. The van der Waals surface area contributed by atoms with Crippen LogP contribution in [0.4, 0.5) is 0 Å². The second kappa shape index (κ2) is 63.1. The van der Waals surface area contributed by atoms with Gasteiger partial charge in [-0.05, 0) is 122 Å². The highest BCUT2D eigenvalue weighted by atomic mass is 31.2. The molecule has 448 valence electrons. The van der Waals surface area contributed by atoms with E-state index in [4.69, 9.17) is 24.3 Å². The summed E-state index contributed by atoms with van der Waals surface area (Å²) in [6.07, 6.45) is 90.5. The van der Waals surface area contributed by atoms with Crippen LogP contribution in [0.3, 0.4) is 0 Å². The highest BCUT2D eigenvalue weighted by Gasteiger charge is 2.26. The minimum atomic E-state index is -4.40. The smallest absolute Gasteiger partial charge is 0.462 e. The number of rotatable bonds is 57. The van der Waals surface area contributed by atoms with E-state index in [1.165, 1.54) is 77.0 Å². The first-order valence-corrected chi connectivity index (χ1v) is 32.8. The van der Waals surface area contributed by atoms with Crippen molar-refractivity contribution in [3.63, 3.8) is 0 Å². The number of carbonyl (C=O) groups excluding carboxylic acids is 2. The Morgan fingerprint density at radius 3 is 1.05 bits per heavy atom. The van der Waals surface area contributed by atoms with Crippen LogP contribution < -0.4 is 5.73 Å². The third-order valence-electron chi connectivity index (χ3n) is 12.7. The Hall–Kier alpha value is -4.11. The van der Waals surface area contributed by atoms with Crippen molar-refractivity contribution in [1.82, 2.24) is 0 Å². The molecule has 0 spiro atoms. The number of esters is 2. The van der Waals surface area contributed by atoms with E-state index < -0.39 is 32.5 Å². The van der Waals surface area contributed by atoms with Gasteiger partial charge in [-0.1, -0.05) is 256 Å². The SMILES string of the molecule is CC/C=C\C/C=C\C/C=C\C/C=C\C/C=C\C/C=C\C/C=C\C/C=C\C/C=C\C/C=C\C/C=C\CCCCCCCCCC(=O)OC(COC(=O)CCCCCCCCC/C=C\CCCCCCCC)COP(=O)(O)OCCN. The van der Waals surface area contributed by atoms with E-state index in [1.54, 1.807) is 0 Å². The van der Waals surface area contributed by atoms with Crippen molar-refractivity contribution in [3.8, 4) is 0 Å². The van der Waals surface area contributed by atoms with Crippen LogP contribution in [0.1, 0.15) is 245 Å². The Labute approximate surface area is 484 Å². The van der Waals surface area contributed by atoms with Crippen molar-refractivity contribution in [3.05, 3.63) is 146 Å². The van der Waals surface area contributed by atoms with Crippen LogP contribution >= 0.6 is 7.82 Å². The van der Waals surface area contributed by atoms with Gasteiger partial charge in [0.25, 0.3) is 0 Å². The van der Waals surface area contributed by atoms with Gasteiger partial charge in [0, 0.05) is 19.4 Å². The Bertz CT molecular complexity index is 1800. The maximum atomic E-state index is 12.7. The van der Waals surface area contributed by atoms with Crippen molar-refractivity contribution < 1.29 is 37.6 Å². The zero-order valence-corrected chi connectivity index (χ0v) is 50.9. The lowest BCUT2D eigenvalue weighted by atomic mass is 10.1. The molecule has 0 aromatic heterocycles. The average Bonchev–Trinajstić information content (AvgIpc) is 3.44. The van der Waals surface area contributed by atoms with E-state index in [9.17, 15) is 19.0 Å². The predicted octanol–water partition coefficient (Wildman–Crippen LogP) is 20.3. The van der Waals surface area contributed by atoms with Gasteiger partial charge < -0.3 is 20.1 Å². The molecular formula is C69H114NO8P. The summed E-state index contributed by atoms with van der Waals surface area (Å²) in [4.78, 5) is 35.2. The minimum absolute atomic E-state index is 0.0443. The molecule has 0 aliphatic carbocycles. The highest BCUT2D eigenvalue weighted by molar-refractivity contribution is 7.47. The zero-order chi connectivity index (χ0) is 57.3. The molecule has 0 amide bonds. The Balaban J connectivity index is 4.01. The maximum absolute atomic E-state index is 12.7. The molecule has 0 rings (SSSR count). The first-order chi connectivity index (χ1) is 38.8. The molecule has 3 N–H and O–H groups in total. The van der Waals surface area contributed by atoms with Gasteiger partial charge in [-0.15, -0.1) is 0 Å². The molecule has 10 heteroatoms. The van der Waals surface area contributed by atoms with Crippen LogP contribution in [-0.4, -0.2) is 49.3 Å². The van der Waals surface area contributed by atoms with Gasteiger partial charge in [0.15, 0.2) is 6.10 Å². The third kappa shape index (κ3) is 62.9. The van der Waals surface area contributed by atoms with Gasteiger partial charge in [-0.3, -0.25) is 18.6 Å². The number of phosphoric acid groups is 1. The molecular weight excluding hydrogens is 1000 g/mol. The summed E-state index contributed by atoms with van der Waals surface area (Å²) in [5, 5.41) is 0. The number of carbonyl (C=O) groups is 2. The monoisotopic (exact) mass is 1120 g/mol. The van der Waals surface area contributed by atoms with Crippen molar-refractivity contribution in [2.75, 3.05) is 26.4 Å². The molecule has 0 radical (unpaired) electrons. The Kier molecular flexibility index (Phi) is 59.8. The number of phosphoric ester groups is 1. The molecule has 0 aromatic rings. The lowest BCUT2D eigenvalue weighted by Gasteiger charge is -2.19. The number of ether oxygens (including phenoxy) is 2. The maximum Gasteiger partial charge on any atom is 0.472 e. The normalized spacial score (nSPS) is 14.0. The van der Waals surface area contributed by atoms with Crippen LogP contribution in [0.5, 0.6) is 0 Å². The molecule has 0 heterocycles. The van der Waals surface area contributed by atoms with Crippen molar-refractivity contribution in [2.24, 2.45) is 5.73 Å². The zero-order valence-electron chi connectivity index (χ0n) is 50.0. The molecule has 0 aliphatic heterocycles. The summed E-state index contributed by atoms with van der Waals surface area (Å²) in [7, 11) is -4.40. The van der Waals surface area contributed by atoms with Gasteiger partial charge in [0.1, 0.15) is 6.61 Å². The minimum Gasteiger partial charge on any atom is -0.462 e. The summed E-state index contributed by atoms with van der Waals surface area (Å²) in [5.74, 6) is -0.852. The number of unbranched alkanes of at least 4 members (excludes halogenated alkanes) is 20. The lowest BCUT2D eigenvalue weighted by Crippen LogP contribution is -2.29. The van der Waals surface area contributed by atoms with E-state index in [0.29, 0.717) is 6.42 Å². The van der Waals surface area contributed by atoms with Crippen molar-refractivity contribution >= 4 is 19.8 Å². The van der Waals surface area contributed by atoms with Gasteiger partial charge in [-0.2, -0.15) is 0 Å². The van der Waals surface area contributed by atoms with Crippen LogP contribution in [0.2, 0.25) is 0 Å². The van der Waals surface area contributed by atoms with Crippen LogP contribution in [0, 0.1) is 0 Å². The first kappa shape index (κ1) is 74.9. The van der Waals surface area contributed by atoms with Gasteiger partial charge in [0.2, 0.25) is 0 Å². The van der Waals surface area contributed by atoms with Crippen LogP contribution in [0.25, 0.3) is 0 Å².